The maximum atomic E-state index is 5.05. The van der Waals surface area contributed by atoms with Crippen LogP contribution in [-0.4, -0.2) is 11.7 Å². The van der Waals surface area contributed by atoms with E-state index in [1.54, 1.807) is 0 Å². The van der Waals surface area contributed by atoms with Gasteiger partial charge in [-0.15, -0.1) is 0 Å². The van der Waals surface area contributed by atoms with Gasteiger partial charge in [-0.05, 0) is 30.3 Å². The summed E-state index contributed by atoms with van der Waals surface area (Å²) in [5.74, 6) is 0. The lowest BCUT2D eigenvalue weighted by molar-refractivity contribution is 0.888. The van der Waals surface area contributed by atoms with Gasteiger partial charge in [0.25, 0.3) is 0 Å². The molecule has 2 rings (SSSR count). The predicted octanol–water partition coefficient (Wildman–Crippen LogP) is 1.53. The maximum absolute atomic E-state index is 5.05. The molecule has 12 heavy (non-hydrogen) atoms. The smallest absolute Gasteiger partial charge is 0.170 e. The van der Waals surface area contributed by atoms with Crippen LogP contribution in [-0.2, 0) is 6.42 Å². The Balaban J connectivity index is 2.37. The van der Waals surface area contributed by atoms with E-state index in [4.69, 9.17) is 12.2 Å². The third-order valence-electron chi connectivity index (χ3n) is 1.95. The van der Waals surface area contributed by atoms with Gasteiger partial charge in [-0.2, -0.15) is 0 Å². The lowest BCUT2D eigenvalue weighted by atomic mass is 10.1. The van der Waals surface area contributed by atoms with Crippen molar-refractivity contribution < 1.29 is 0 Å². The molecule has 62 valence electrons. The quantitative estimate of drug-likeness (QED) is 0.589. The van der Waals surface area contributed by atoms with Crippen molar-refractivity contribution in [1.29, 1.82) is 0 Å². The molecule has 3 heteroatoms. The lowest BCUT2D eigenvalue weighted by Gasteiger charge is -2.05. The number of benzene rings is 1. The Hall–Kier alpha value is -1.09. The van der Waals surface area contributed by atoms with Crippen LogP contribution in [0.25, 0.3) is 0 Å². The molecular formula is C9H10N2S. The largest absolute Gasteiger partial charge is 0.362 e. The molecule has 1 heterocycles. The minimum Gasteiger partial charge on any atom is -0.362 e. The van der Waals surface area contributed by atoms with Crippen LogP contribution in [0.5, 0.6) is 0 Å². The molecule has 0 atom stereocenters. The third kappa shape index (κ3) is 1.41. The van der Waals surface area contributed by atoms with E-state index in [0.717, 1.165) is 23.8 Å². The highest BCUT2D eigenvalue weighted by Crippen LogP contribution is 2.16. The Labute approximate surface area is 77.0 Å². The van der Waals surface area contributed by atoms with Crippen LogP contribution in [0.3, 0.4) is 0 Å². The van der Waals surface area contributed by atoms with Gasteiger partial charge in [0.05, 0.1) is 0 Å². The third-order valence-corrected chi connectivity index (χ3v) is 2.19. The zero-order chi connectivity index (χ0) is 8.39. The zero-order valence-electron chi connectivity index (χ0n) is 6.63. The topological polar surface area (TPSA) is 24.1 Å². The summed E-state index contributed by atoms with van der Waals surface area (Å²) in [5, 5.41) is 6.98. The Morgan fingerprint density at radius 2 is 2.08 bits per heavy atom. The highest BCUT2D eigenvalue weighted by Gasteiger charge is 2.07. The molecule has 0 amide bonds. The van der Waals surface area contributed by atoms with Crippen molar-refractivity contribution in [3.8, 4) is 0 Å². The second-order valence-corrected chi connectivity index (χ2v) is 3.20. The molecule has 0 saturated carbocycles. The fourth-order valence-electron chi connectivity index (χ4n) is 1.34. The van der Waals surface area contributed by atoms with E-state index in [9.17, 15) is 0 Å². The van der Waals surface area contributed by atoms with Crippen molar-refractivity contribution in [2.24, 2.45) is 0 Å². The van der Waals surface area contributed by atoms with E-state index in [1.807, 2.05) is 6.07 Å². The van der Waals surface area contributed by atoms with E-state index >= 15 is 0 Å². The van der Waals surface area contributed by atoms with Crippen molar-refractivity contribution in [2.75, 3.05) is 11.9 Å². The number of thiocarbonyl (C=S) groups is 1. The van der Waals surface area contributed by atoms with Crippen molar-refractivity contribution in [3.63, 3.8) is 0 Å². The number of para-hydroxylation sites is 1. The summed E-state index contributed by atoms with van der Waals surface area (Å²) in [5.41, 5.74) is 2.46. The van der Waals surface area contributed by atoms with E-state index in [1.165, 1.54) is 5.56 Å². The molecule has 0 aromatic heterocycles. The predicted molar refractivity (Wildman–Crippen MR) is 54.4 cm³/mol. The van der Waals surface area contributed by atoms with Gasteiger partial charge in [-0.1, -0.05) is 18.2 Å². The van der Waals surface area contributed by atoms with E-state index < -0.39 is 0 Å². The molecular weight excluding hydrogens is 168 g/mol. The first-order valence-corrected chi connectivity index (χ1v) is 4.40. The minimum atomic E-state index is 0.722. The van der Waals surface area contributed by atoms with Gasteiger partial charge in [0, 0.05) is 12.2 Å². The number of nitrogens with one attached hydrogen (secondary N) is 2. The Kier molecular flexibility index (Phi) is 1.96. The summed E-state index contributed by atoms with van der Waals surface area (Å²) in [6, 6.07) is 8.24. The normalized spacial score (nSPS) is 15.5. The number of fused-ring (bicyclic) bond motifs is 1. The second kappa shape index (κ2) is 3.11. The molecule has 0 unspecified atom stereocenters. The summed E-state index contributed by atoms with van der Waals surface area (Å²) in [6.07, 6.45) is 1.03. The van der Waals surface area contributed by atoms with Gasteiger partial charge in [-0.3, -0.25) is 0 Å². The first-order chi connectivity index (χ1) is 5.86. The van der Waals surface area contributed by atoms with Gasteiger partial charge in [0.1, 0.15) is 0 Å². The molecule has 1 aliphatic rings. The van der Waals surface area contributed by atoms with Gasteiger partial charge in [0.2, 0.25) is 0 Å². The van der Waals surface area contributed by atoms with E-state index in [2.05, 4.69) is 28.8 Å². The summed E-state index contributed by atoms with van der Waals surface area (Å²) in [7, 11) is 0. The summed E-state index contributed by atoms with van der Waals surface area (Å²) in [6.45, 7) is 0.919. The van der Waals surface area contributed by atoms with Gasteiger partial charge in [0.15, 0.2) is 5.11 Å². The van der Waals surface area contributed by atoms with Crippen molar-refractivity contribution in [3.05, 3.63) is 29.8 Å². The first-order valence-electron chi connectivity index (χ1n) is 3.99. The van der Waals surface area contributed by atoms with E-state index in [-0.39, 0.29) is 0 Å². The molecule has 0 bridgehead atoms. The van der Waals surface area contributed by atoms with Crippen LogP contribution in [0.1, 0.15) is 5.56 Å². The Morgan fingerprint density at radius 1 is 1.25 bits per heavy atom. The van der Waals surface area contributed by atoms with Crippen molar-refractivity contribution >= 4 is 23.0 Å². The summed E-state index contributed by atoms with van der Waals surface area (Å²) >= 11 is 5.05. The Morgan fingerprint density at radius 3 is 3.00 bits per heavy atom. The van der Waals surface area contributed by atoms with Crippen molar-refractivity contribution in [1.82, 2.24) is 5.32 Å². The number of anilines is 1. The van der Waals surface area contributed by atoms with Crippen LogP contribution < -0.4 is 10.6 Å². The van der Waals surface area contributed by atoms with Gasteiger partial charge in [-0.25, -0.2) is 0 Å². The number of hydrogen-bond donors (Lipinski definition) is 2. The molecule has 2 nitrogen and oxygen atoms in total. The fourth-order valence-corrected chi connectivity index (χ4v) is 1.55. The molecule has 2 N–H and O–H groups in total. The Bertz CT molecular complexity index is 309. The molecule has 0 radical (unpaired) electrons. The molecule has 0 aliphatic carbocycles. The first kappa shape index (κ1) is 7.55. The highest BCUT2D eigenvalue weighted by molar-refractivity contribution is 7.80. The van der Waals surface area contributed by atoms with Gasteiger partial charge >= 0.3 is 0 Å². The zero-order valence-corrected chi connectivity index (χ0v) is 7.45. The maximum Gasteiger partial charge on any atom is 0.170 e. The summed E-state index contributed by atoms with van der Waals surface area (Å²) < 4.78 is 0. The van der Waals surface area contributed by atoms with Crippen LogP contribution in [0.2, 0.25) is 0 Å². The fraction of sp³-hybridized carbons (Fsp3) is 0.222. The average Bonchev–Trinajstić information content (AvgIpc) is 2.25. The second-order valence-electron chi connectivity index (χ2n) is 2.79. The molecule has 0 fully saturated rings. The van der Waals surface area contributed by atoms with Crippen molar-refractivity contribution in [2.45, 2.75) is 6.42 Å². The molecule has 0 saturated heterocycles. The van der Waals surface area contributed by atoms with Crippen LogP contribution in [0, 0.1) is 0 Å². The molecule has 1 aromatic carbocycles. The number of hydrogen-bond acceptors (Lipinski definition) is 1. The molecule has 1 aromatic rings. The SMILES string of the molecule is S=C1NCCc2ccccc2N1. The summed E-state index contributed by atoms with van der Waals surface area (Å²) in [4.78, 5) is 0. The minimum absolute atomic E-state index is 0.722. The average molecular weight is 178 g/mol. The molecule has 0 spiro atoms. The van der Waals surface area contributed by atoms with Crippen LogP contribution >= 0.6 is 12.2 Å². The van der Waals surface area contributed by atoms with E-state index in [0.29, 0.717) is 0 Å². The van der Waals surface area contributed by atoms with Gasteiger partial charge < -0.3 is 10.6 Å². The lowest BCUT2D eigenvalue weighted by Crippen LogP contribution is -2.27. The van der Waals surface area contributed by atoms with Crippen LogP contribution in [0.4, 0.5) is 5.69 Å². The number of rotatable bonds is 0. The highest BCUT2D eigenvalue weighted by atomic mass is 32.1. The van der Waals surface area contributed by atoms with Crippen LogP contribution in [0.15, 0.2) is 24.3 Å². The standard InChI is InChI=1S/C9H10N2S/c12-9-10-6-5-7-3-1-2-4-8(7)11-9/h1-4H,5-6H2,(H2,10,11,12). The molecule has 1 aliphatic heterocycles. The monoisotopic (exact) mass is 178 g/mol.